The predicted octanol–water partition coefficient (Wildman–Crippen LogP) is 0.491. The first kappa shape index (κ1) is 9.59. The van der Waals surface area contributed by atoms with Crippen molar-refractivity contribution >= 4 is 6.21 Å². The van der Waals surface area contributed by atoms with E-state index >= 15 is 0 Å². The summed E-state index contributed by atoms with van der Waals surface area (Å²) in [5, 5.41) is 0. The highest BCUT2D eigenvalue weighted by molar-refractivity contribution is 5.56. The van der Waals surface area contributed by atoms with Crippen LogP contribution in [0, 0.1) is 0 Å². The summed E-state index contributed by atoms with van der Waals surface area (Å²) in [6, 6.07) is 0. The first-order valence-corrected chi connectivity index (χ1v) is 3.76. The Hall–Kier alpha value is -0.410. The van der Waals surface area contributed by atoms with Crippen LogP contribution in [-0.4, -0.2) is 18.9 Å². The van der Waals surface area contributed by atoms with E-state index in [-0.39, 0.29) is 6.17 Å². The Labute approximate surface area is 62.5 Å². The molecular formula is C7H17N3. The number of rotatable bonds is 5. The Morgan fingerprint density at radius 1 is 1.50 bits per heavy atom. The SMILES string of the molecule is CCN=CCCCC(N)N. The maximum Gasteiger partial charge on any atom is 0.0520 e. The minimum Gasteiger partial charge on any atom is -0.316 e. The Balaban J connectivity index is 2.97. The van der Waals surface area contributed by atoms with Crippen LogP contribution < -0.4 is 11.5 Å². The summed E-state index contributed by atoms with van der Waals surface area (Å²) in [5.74, 6) is 0. The van der Waals surface area contributed by atoms with Gasteiger partial charge in [0.1, 0.15) is 0 Å². The Bertz CT molecular complexity index is 88.9. The molecule has 0 unspecified atom stereocenters. The molecule has 60 valence electrons. The van der Waals surface area contributed by atoms with Gasteiger partial charge in [-0.25, -0.2) is 0 Å². The molecule has 0 radical (unpaired) electrons. The zero-order chi connectivity index (χ0) is 7.82. The van der Waals surface area contributed by atoms with Gasteiger partial charge in [0, 0.05) is 6.54 Å². The minimum atomic E-state index is -0.157. The maximum absolute atomic E-state index is 5.34. The summed E-state index contributed by atoms with van der Waals surface area (Å²) in [5.41, 5.74) is 10.7. The largest absolute Gasteiger partial charge is 0.316 e. The molecule has 0 aliphatic carbocycles. The predicted molar refractivity (Wildman–Crippen MR) is 45.0 cm³/mol. The first-order chi connectivity index (χ1) is 4.77. The van der Waals surface area contributed by atoms with E-state index in [0.29, 0.717) is 0 Å². The minimum absolute atomic E-state index is 0.157. The second kappa shape index (κ2) is 6.71. The highest BCUT2D eigenvalue weighted by Gasteiger charge is 1.90. The number of nitrogens with two attached hydrogens (primary N) is 2. The quantitative estimate of drug-likeness (QED) is 0.334. The fourth-order valence-corrected chi connectivity index (χ4v) is 0.665. The Kier molecular flexibility index (Phi) is 6.43. The summed E-state index contributed by atoms with van der Waals surface area (Å²) in [4.78, 5) is 4.06. The zero-order valence-electron chi connectivity index (χ0n) is 6.59. The van der Waals surface area contributed by atoms with E-state index in [1.54, 1.807) is 0 Å². The Morgan fingerprint density at radius 2 is 2.20 bits per heavy atom. The van der Waals surface area contributed by atoms with Crippen LogP contribution in [0.5, 0.6) is 0 Å². The normalized spacial score (nSPS) is 11.6. The van der Waals surface area contributed by atoms with Crippen molar-refractivity contribution in [3.8, 4) is 0 Å². The smallest absolute Gasteiger partial charge is 0.0520 e. The molecular weight excluding hydrogens is 126 g/mol. The third-order valence-corrected chi connectivity index (χ3v) is 1.18. The molecule has 3 heteroatoms. The first-order valence-electron chi connectivity index (χ1n) is 3.76. The molecule has 0 saturated carbocycles. The molecule has 0 heterocycles. The van der Waals surface area contributed by atoms with Crippen LogP contribution in [0.15, 0.2) is 4.99 Å². The summed E-state index contributed by atoms with van der Waals surface area (Å²) in [6.45, 7) is 2.89. The highest BCUT2D eigenvalue weighted by atomic mass is 14.8. The van der Waals surface area contributed by atoms with E-state index < -0.39 is 0 Å². The zero-order valence-corrected chi connectivity index (χ0v) is 6.59. The van der Waals surface area contributed by atoms with E-state index in [1.807, 2.05) is 13.1 Å². The summed E-state index contributed by atoms with van der Waals surface area (Å²) in [6.07, 6.45) is 4.70. The third kappa shape index (κ3) is 7.59. The van der Waals surface area contributed by atoms with Crippen molar-refractivity contribution in [1.82, 2.24) is 0 Å². The molecule has 0 aliphatic heterocycles. The third-order valence-electron chi connectivity index (χ3n) is 1.18. The molecule has 0 fully saturated rings. The molecule has 4 N–H and O–H groups in total. The lowest BCUT2D eigenvalue weighted by atomic mass is 10.2. The Morgan fingerprint density at radius 3 is 2.70 bits per heavy atom. The van der Waals surface area contributed by atoms with Crippen molar-refractivity contribution in [3.05, 3.63) is 0 Å². The number of hydrogen-bond donors (Lipinski definition) is 2. The molecule has 0 amide bonds. The average Bonchev–Trinajstić information content (AvgIpc) is 1.87. The van der Waals surface area contributed by atoms with E-state index in [2.05, 4.69) is 4.99 Å². The molecule has 0 aromatic rings. The van der Waals surface area contributed by atoms with Gasteiger partial charge >= 0.3 is 0 Å². The van der Waals surface area contributed by atoms with Crippen LogP contribution >= 0.6 is 0 Å². The van der Waals surface area contributed by atoms with Crippen molar-refractivity contribution in [3.63, 3.8) is 0 Å². The van der Waals surface area contributed by atoms with Gasteiger partial charge < -0.3 is 11.5 Å². The highest BCUT2D eigenvalue weighted by Crippen LogP contribution is 1.92. The molecule has 0 aromatic heterocycles. The van der Waals surface area contributed by atoms with Gasteiger partial charge in [-0.1, -0.05) is 0 Å². The van der Waals surface area contributed by atoms with Gasteiger partial charge in [0.25, 0.3) is 0 Å². The molecule has 0 aliphatic rings. The molecule has 3 nitrogen and oxygen atoms in total. The number of aliphatic imine (C=N–C) groups is 1. The van der Waals surface area contributed by atoms with Gasteiger partial charge in [-0.15, -0.1) is 0 Å². The monoisotopic (exact) mass is 143 g/mol. The van der Waals surface area contributed by atoms with Crippen molar-refractivity contribution in [1.29, 1.82) is 0 Å². The molecule has 0 rings (SSSR count). The fraction of sp³-hybridized carbons (Fsp3) is 0.857. The van der Waals surface area contributed by atoms with Crippen LogP contribution in [0.3, 0.4) is 0 Å². The second-order valence-corrected chi connectivity index (χ2v) is 2.28. The van der Waals surface area contributed by atoms with Crippen LogP contribution in [0.2, 0.25) is 0 Å². The van der Waals surface area contributed by atoms with Gasteiger partial charge in [0.05, 0.1) is 6.17 Å². The summed E-state index contributed by atoms with van der Waals surface area (Å²) in [7, 11) is 0. The molecule has 0 saturated heterocycles. The van der Waals surface area contributed by atoms with Gasteiger partial charge in [-0.2, -0.15) is 0 Å². The maximum atomic E-state index is 5.34. The summed E-state index contributed by atoms with van der Waals surface area (Å²) < 4.78 is 0. The van der Waals surface area contributed by atoms with E-state index in [9.17, 15) is 0 Å². The molecule has 0 spiro atoms. The van der Waals surface area contributed by atoms with Crippen LogP contribution in [0.1, 0.15) is 26.2 Å². The lowest BCUT2D eigenvalue weighted by Gasteiger charge is -2.00. The molecule has 10 heavy (non-hydrogen) atoms. The van der Waals surface area contributed by atoms with Gasteiger partial charge in [0.2, 0.25) is 0 Å². The second-order valence-electron chi connectivity index (χ2n) is 2.28. The van der Waals surface area contributed by atoms with E-state index in [1.165, 1.54) is 0 Å². The van der Waals surface area contributed by atoms with E-state index in [0.717, 1.165) is 25.8 Å². The van der Waals surface area contributed by atoms with Crippen molar-refractivity contribution in [2.75, 3.05) is 6.54 Å². The fourth-order valence-electron chi connectivity index (χ4n) is 0.665. The molecule has 0 aromatic carbocycles. The lowest BCUT2D eigenvalue weighted by molar-refractivity contribution is 0.615. The lowest BCUT2D eigenvalue weighted by Crippen LogP contribution is -2.29. The number of hydrogen-bond acceptors (Lipinski definition) is 3. The van der Waals surface area contributed by atoms with Crippen LogP contribution in [0.25, 0.3) is 0 Å². The van der Waals surface area contributed by atoms with Gasteiger partial charge in [0.15, 0.2) is 0 Å². The topological polar surface area (TPSA) is 64.4 Å². The summed E-state index contributed by atoms with van der Waals surface area (Å²) >= 11 is 0. The molecule has 0 atom stereocenters. The van der Waals surface area contributed by atoms with Crippen molar-refractivity contribution in [2.45, 2.75) is 32.4 Å². The van der Waals surface area contributed by atoms with Crippen LogP contribution in [0.4, 0.5) is 0 Å². The average molecular weight is 143 g/mol. The van der Waals surface area contributed by atoms with Crippen LogP contribution in [-0.2, 0) is 0 Å². The number of nitrogens with zero attached hydrogens (tertiary/aromatic N) is 1. The number of unbranched alkanes of at least 4 members (excludes halogenated alkanes) is 1. The standard InChI is InChI=1S/C7H17N3/c1-2-10-6-4-3-5-7(8)9/h6-7H,2-5,8-9H2,1H3. The van der Waals surface area contributed by atoms with Crippen molar-refractivity contribution < 1.29 is 0 Å². The van der Waals surface area contributed by atoms with E-state index in [4.69, 9.17) is 11.5 Å². The van der Waals surface area contributed by atoms with Gasteiger partial charge in [-0.05, 0) is 32.4 Å². The van der Waals surface area contributed by atoms with Crippen molar-refractivity contribution in [2.24, 2.45) is 16.5 Å². The molecule has 0 bridgehead atoms. The van der Waals surface area contributed by atoms with Gasteiger partial charge in [-0.3, -0.25) is 4.99 Å².